The van der Waals surface area contributed by atoms with E-state index in [9.17, 15) is 5.26 Å². The lowest BCUT2D eigenvalue weighted by molar-refractivity contribution is 0.129. The van der Waals surface area contributed by atoms with Gasteiger partial charge in [-0.05, 0) is 52.1 Å². The minimum absolute atomic E-state index is 0.357. The van der Waals surface area contributed by atoms with Gasteiger partial charge < -0.3 is 4.90 Å². The van der Waals surface area contributed by atoms with Crippen LogP contribution < -0.4 is 5.32 Å². The Bertz CT molecular complexity index is 282. The van der Waals surface area contributed by atoms with Crippen LogP contribution in [0.25, 0.3) is 0 Å². The van der Waals surface area contributed by atoms with Crippen LogP contribution in [0, 0.1) is 11.3 Å². The van der Waals surface area contributed by atoms with Crippen molar-refractivity contribution in [2.24, 2.45) is 0 Å². The van der Waals surface area contributed by atoms with Crippen molar-refractivity contribution in [3.63, 3.8) is 0 Å². The van der Waals surface area contributed by atoms with Crippen LogP contribution in [0.2, 0.25) is 0 Å². The van der Waals surface area contributed by atoms with Gasteiger partial charge in [-0.1, -0.05) is 26.7 Å². The van der Waals surface area contributed by atoms with Gasteiger partial charge in [0.15, 0.2) is 0 Å². The molecule has 0 radical (unpaired) electrons. The number of likely N-dealkylation sites (tertiary alicyclic amines) is 1. The van der Waals surface area contributed by atoms with Gasteiger partial charge in [0.25, 0.3) is 0 Å². The van der Waals surface area contributed by atoms with E-state index in [-0.39, 0.29) is 5.54 Å². The molecule has 1 rings (SSSR count). The molecule has 0 amide bonds. The molecule has 1 N–H and O–H groups in total. The number of piperidine rings is 1. The van der Waals surface area contributed by atoms with Gasteiger partial charge in [-0.15, -0.1) is 0 Å². The van der Waals surface area contributed by atoms with E-state index in [1.165, 1.54) is 38.6 Å². The average Bonchev–Trinajstić information content (AvgIpc) is 2.44. The number of nitrogens with zero attached hydrogens (tertiary/aromatic N) is 2. The summed E-state index contributed by atoms with van der Waals surface area (Å²) in [5.41, 5.74) is -0.357. The third-order valence-electron chi connectivity index (χ3n) is 4.28. The standard InChI is InChI=1S/C16H31N3/c1-4-8-15-9-6-7-12-19(15)13-10-16(3,14-17)18-11-5-2/h15,18H,4-13H2,1-3H3. The zero-order valence-corrected chi connectivity index (χ0v) is 13.0. The van der Waals surface area contributed by atoms with Crippen molar-refractivity contribution < 1.29 is 0 Å². The van der Waals surface area contributed by atoms with Crippen molar-refractivity contribution in [1.29, 1.82) is 5.26 Å². The van der Waals surface area contributed by atoms with Crippen LogP contribution in [0.5, 0.6) is 0 Å². The summed E-state index contributed by atoms with van der Waals surface area (Å²) in [7, 11) is 0. The first kappa shape index (κ1) is 16.5. The Kier molecular flexibility index (Phi) is 7.41. The highest BCUT2D eigenvalue weighted by Crippen LogP contribution is 2.22. The molecule has 0 bridgehead atoms. The number of nitrogens with one attached hydrogen (secondary N) is 1. The van der Waals surface area contributed by atoms with E-state index in [4.69, 9.17) is 0 Å². The molecule has 0 spiro atoms. The molecule has 2 atom stereocenters. The van der Waals surface area contributed by atoms with E-state index in [1.54, 1.807) is 0 Å². The van der Waals surface area contributed by atoms with Gasteiger partial charge in [0.05, 0.1) is 6.07 Å². The minimum Gasteiger partial charge on any atom is -0.300 e. The fourth-order valence-corrected chi connectivity index (χ4v) is 2.97. The molecule has 0 saturated carbocycles. The molecule has 19 heavy (non-hydrogen) atoms. The summed E-state index contributed by atoms with van der Waals surface area (Å²) in [5.74, 6) is 0. The zero-order valence-electron chi connectivity index (χ0n) is 13.0. The summed E-state index contributed by atoms with van der Waals surface area (Å²) in [6.07, 6.45) is 8.65. The second-order valence-electron chi connectivity index (χ2n) is 6.09. The predicted molar refractivity (Wildman–Crippen MR) is 81.0 cm³/mol. The first-order valence-electron chi connectivity index (χ1n) is 8.05. The fraction of sp³-hybridized carbons (Fsp3) is 0.938. The lowest BCUT2D eigenvalue weighted by Crippen LogP contribution is -2.47. The smallest absolute Gasteiger partial charge is 0.105 e. The lowest BCUT2D eigenvalue weighted by atomic mass is 9.95. The molecule has 110 valence electrons. The van der Waals surface area contributed by atoms with Crippen LogP contribution in [0.15, 0.2) is 0 Å². The van der Waals surface area contributed by atoms with Gasteiger partial charge >= 0.3 is 0 Å². The maximum atomic E-state index is 9.38. The molecular weight excluding hydrogens is 234 g/mol. The minimum atomic E-state index is -0.357. The maximum absolute atomic E-state index is 9.38. The number of hydrogen-bond donors (Lipinski definition) is 1. The van der Waals surface area contributed by atoms with E-state index in [2.05, 4.69) is 30.1 Å². The Labute approximate surface area is 119 Å². The van der Waals surface area contributed by atoms with E-state index >= 15 is 0 Å². The summed E-state index contributed by atoms with van der Waals surface area (Å²) in [5, 5.41) is 12.8. The van der Waals surface area contributed by atoms with Crippen LogP contribution in [-0.4, -0.2) is 36.1 Å². The second-order valence-corrected chi connectivity index (χ2v) is 6.09. The average molecular weight is 265 g/mol. The topological polar surface area (TPSA) is 39.1 Å². The molecule has 0 aliphatic carbocycles. The summed E-state index contributed by atoms with van der Waals surface area (Å²) in [4.78, 5) is 2.62. The normalized spacial score (nSPS) is 23.8. The van der Waals surface area contributed by atoms with Gasteiger partial charge in [0, 0.05) is 12.6 Å². The molecule has 1 saturated heterocycles. The van der Waals surface area contributed by atoms with E-state index in [0.29, 0.717) is 0 Å². The molecule has 1 heterocycles. The maximum Gasteiger partial charge on any atom is 0.105 e. The highest BCUT2D eigenvalue weighted by atomic mass is 15.2. The quantitative estimate of drug-likeness (QED) is 0.732. The Morgan fingerprint density at radius 2 is 2.11 bits per heavy atom. The first-order chi connectivity index (χ1) is 9.15. The van der Waals surface area contributed by atoms with E-state index in [1.807, 2.05) is 6.92 Å². The van der Waals surface area contributed by atoms with Crippen LogP contribution in [0.1, 0.15) is 65.7 Å². The molecule has 0 aromatic heterocycles. The number of hydrogen-bond acceptors (Lipinski definition) is 3. The summed E-state index contributed by atoms with van der Waals surface area (Å²) in [6.45, 7) is 9.68. The van der Waals surface area contributed by atoms with Gasteiger partial charge in [0.1, 0.15) is 5.54 Å². The van der Waals surface area contributed by atoms with Gasteiger partial charge in [-0.3, -0.25) is 5.32 Å². The lowest BCUT2D eigenvalue weighted by Gasteiger charge is -2.37. The van der Waals surface area contributed by atoms with Crippen molar-refractivity contribution in [2.45, 2.75) is 77.3 Å². The highest BCUT2D eigenvalue weighted by molar-refractivity contribution is 5.04. The van der Waals surface area contributed by atoms with E-state index in [0.717, 1.165) is 32.0 Å². The highest BCUT2D eigenvalue weighted by Gasteiger charge is 2.27. The molecule has 1 aliphatic rings. The van der Waals surface area contributed by atoms with Crippen molar-refractivity contribution in [3.05, 3.63) is 0 Å². The Morgan fingerprint density at radius 3 is 2.74 bits per heavy atom. The Hall–Kier alpha value is -0.590. The van der Waals surface area contributed by atoms with Crippen LogP contribution in [0.3, 0.4) is 0 Å². The van der Waals surface area contributed by atoms with Crippen molar-refractivity contribution in [1.82, 2.24) is 10.2 Å². The molecule has 0 aromatic rings. The SMILES string of the molecule is CCCNC(C)(C#N)CCN1CCCCC1CCC. The molecule has 0 aromatic carbocycles. The van der Waals surface area contributed by atoms with Crippen LogP contribution >= 0.6 is 0 Å². The molecule has 1 fully saturated rings. The molecular formula is C16H31N3. The fourth-order valence-electron chi connectivity index (χ4n) is 2.97. The Morgan fingerprint density at radius 1 is 1.32 bits per heavy atom. The molecule has 3 heteroatoms. The monoisotopic (exact) mass is 265 g/mol. The van der Waals surface area contributed by atoms with Gasteiger partial charge in [-0.25, -0.2) is 0 Å². The van der Waals surface area contributed by atoms with Crippen LogP contribution in [0.4, 0.5) is 0 Å². The number of rotatable bonds is 8. The van der Waals surface area contributed by atoms with Gasteiger partial charge in [-0.2, -0.15) is 5.26 Å². The number of nitriles is 1. The zero-order chi connectivity index (χ0) is 14.1. The predicted octanol–water partition coefficient (Wildman–Crippen LogP) is 3.31. The van der Waals surface area contributed by atoms with Crippen molar-refractivity contribution in [2.75, 3.05) is 19.6 Å². The summed E-state index contributed by atoms with van der Waals surface area (Å²) < 4.78 is 0. The van der Waals surface area contributed by atoms with Gasteiger partial charge in [0.2, 0.25) is 0 Å². The largest absolute Gasteiger partial charge is 0.300 e. The van der Waals surface area contributed by atoms with E-state index < -0.39 is 0 Å². The summed E-state index contributed by atoms with van der Waals surface area (Å²) in [6, 6.07) is 3.22. The molecule has 3 nitrogen and oxygen atoms in total. The third kappa shape index (κ3) is 5.50. The van der Waals surface area contributed by atoms with Crippen molar-refractivity contribution >= 4 is 0 Å². The second kappa shape index (κ2) is 8.55. The first-order valence-corrected chi connectivity index (χ1v) is 8.05. The third-order valence-corrected chi connectivity index (χ3v) is 4.28. The molecule has 1 aliphatic heterocycles. The molecule has 2 unspecified atom stereocenters. The summed E-state index contributed by atoms with van der Waals surface area (Å²) >= 11 is 0. The van der Waals surface area contributed by atoms with Crippen molar-refractivity contribution in [3.8, 4) is 6.07 Å². The van der Waals surface area contributed by atoms with Crippen LogP contribution in [-0.2, 0) is 0 Å². The Balaban J connectivity index is 2.45.